The number of fused-ring (bicyclic) bond motifs is 1. The summed E-state index contributed by atoms with van der Waals surface area (Å²) in [4.78, 5) is 16.3. The van der Waals surface area contributed by atoms with Crippen molar-refractivity contribution < 1.29 is 35.9 Å². The number of benzene rings is 1. The van der Waals surface area contributed by atoms with Crippen LogP contribution in [0.5, 0.6) is 5.75 Å². The van der Waals surface area contributed by atoms with Gasteiger partial charge in [-0.05, 0) is 38.1 Å². The third kappa shape index (κ3) is 4.67. The molecule has 0 spiro atoms. The highest BCUT2D eigenvalue weighted by molar-refractivity contribution is 6.38. The van der Waals surface area contributed by atoms with Crippen molar-refractivity contribution in [2.45, 2.75) is 38.1 Å². The third-order valence-electron chi connectivity index (χ3n) is 5.49. The zero-order valence-corrected chi connectivity index (χ0v) is 18.5. The van der Waals surface area contributed by atoms with Gasteiger partial charge in [-0.2, -0.15) is 13.2 Å². The van der Waals surface area contributed by atoms with Crippen LogP contribution in [0.3, 0.4) is 0 Å². The number of nitrogens with zero attached hydrogens (tertiary/aromatic N) is 1. The molecule has 2 aromatic heterocycles. The fourth-order valence-electron chi connectivity index (χ4n) is 3.84. The van der Waals surface area contributed by atoms with Gasteiger partial charge in [0, 0.05) is 11.8 Å². The molecule has 1 saturated heterocycles. The Morgan fingerprint density at radius 3 is 2.82 bits per heavy atom. The van der Waals surface area contributed by atoms with Crippen LogP contribution in [0.15, 0.2) is 34.9 Å². The highest BCUT2D eigenvalue weighted by Crippen LogP contribution is 2.39. The van der Waals surface area contributed by atoms with Gasteiger partial charge in [-0.15, -0.1) is 0 Å². The molecule has 1 aromatic carbocycles. The summed E-state index contributed by atoms with van der Waals surface area (Å²) in [5.74, 6) is -3.80. The maximum absolute atomic E-state index is 14.2. The van der Waals surface area contributed by atoms with Gasteiger partial charge in [0.25, 0.3) is 11.8 Å². The maximum atomic E-state index is 14.2. The van der Waals surface area contributed by atoms with Gasteiger partial charge in [0.05, 0.1) is 28.6 Å². The number of carbonyl (C=O) groups is 1. The van der Waals surface area contributed by atoms with E-state index in [4.69, 9.17) is 20.8 Å². The molecule has 34 heavy (non-hydrogen) atoms. The van der Waals surface area contributed by atoms with Crippen molar-refractivity contribution in [2.24, 2.45) is 0 Å². The number of halogens is 6. The van der Waals surface area contributed by atoms with E-state index in [2.05, 4.69) is 15.6 Å². The van der Waals surface area contributed by atoms with Gasteiger partial charge >= 0.3 is 6.18 Å². The SMILES string of the molecule is Cc1oc2ccc(OCc3cccnc3C(F)(F)F)c(Cl)c2c1C(=O)NC1CCNCC1(F)F. The summed E-state index contributed by atoms with van der Waals surface area (Å²) in [6, 6.07) is 4.02. The molecule has 1 amide bonds. The van der Waals surface area contributed by atoms with E-state index in [9.17, 15) is 26.7 Å². The van der Waals surface area contributed by atoms with Gasteiger partial charge in [-0.25, -0.2) is 8.78 Å². The van der Waals surface area contributed by atoms with Gasteiger partial charge in [-0.1, -0.05) is 17.7 Å². The quantitative estimate of drug-likeness (QED) is 0.473. The number of pyridine rings is 1. The molecule has 0 saturated carbocycles. The van der Waals surface area contributed by atoms with Crippen molar-refractivity contribution >= 4 is 28.5 Å². The summed E-state index contributed by atoms with van der Waals surface area (Å²) >= 11 is 6.44. The Kier molecular flexibility index (Phi) is 6.43. The molecule has 2 N–H and O–H groups in total. The number of rotatable bonds is 5. The molecular weight excluding hydrogens is 485 g/mol. The maximum Gasteiger partial charge on any atom is 0.433 e. The Morgan fingerprint density at radius 2 is 2.12 bits per heavy atom. The van der Waals surface area contributed by atoms with Gasteiger partial charge < -0.3 is 19.8 Å². The van der Waals surface area contributed by atoms with E-state index >= 15 is 0 Å². The Morgan fingerprint density at radius 1 is 1.35 bits per heavy atom. The van der Waals surface area contributed by atoms with Crippen LogP contribution in [-0.4, -0.2) is 35.9 Å². The summed E-state index contributed by atoms with van der Waals surface area (Å²) in [6.07, 6.45) is -3.62. The van der Waals surface area contributed by atoms with E-state index in [-0.39, 0.29) is 45.0 Å². The largest absolute Gasteiger partial charge is 0.487 e. The Balaban J connectivity index is 1.63. The van der Waals surface area contributed by atoms with Crippen molar-refractivity contribution in [1.82, 2.24) is 15.6 Å². The highest BCUT2D eigenvalue weighted by Gasteiger charge is 2.43. The van der Waals surface area contributed by atoms with Crippen LogP contribution in [0, 0.1) is 6.92 Å². The lowest BCUT2D eigenvalue weighted by atomic mass is 10.0. The molecule has 3 heterocycles. The molecule has 1 atom stereocenters. The average molecular weight is 504 g/mol. The van der Waals surface area contributed by atoms with Crippen LogP contribution in [0.2, 0.25) is 5.02 Å². The minimum absolute atomic E-state index is 0.00631. The number of amides is 1. The van der Waals surface area contributed by atoms with Crippen molar-refractivity contribution in [3.05, 3.63) is 58.1 Å². The topological polar surface area (TPSA) is 76.4 Å². The van der Waals surface area contributed by atoms with Crippen LogP contribution < -0.4 is 15.4 Å². The number of aryl methyl sites for hydroxylation is 1. The lowest BCUT2D eigenvalue weighted by Gasteiger charge is -2.32. The van der Waals surface area contributed by atoms with Crippen molar-refractivity contribution in [3.8, 4) is 5.75 Å². The second-order valence-corrected chi connectivity index (χ2v) is 8.21. The summed E-state index contributed by atoms with van der Waals surface area (Å²) in [6.45, 7) is 0.750. The Labute approximate surface area is 195 Å². The molecule has 1 aliphatic heterocycles. The van der Waals surface area contributed by atoms with E-state index in [1.54, 1.807) is 0 Å². The number of alkyl halides is 5. The molecule has 1 unspecified atom stereocenters. The minimum Gasteiger partial charge on any atom is -0.487 e. The van der Waals surface area contributed by atoms with Gasteiger partial charge in [0.2, 0.25) is 0 Å². The number of nitrogens with one attached hydrogen (secondary N) is 2. The first kappa shape index (κ1) is 24.2. The first-order chi connectivity index (χ1) is 16.0. The van der Waals surface area contributed by atoms with Gasteiger partial charge in [-0.3, -0.25) is 9.78 Å². The van der Waals surface area contributed by atoms with Crippen molar-refractivity contribution in [1.29, 1.82) is 0 Å². The molecule has 182 valence electrons. The molecule has 12 heteroatoms. The van der Waals surface area contributed by atoms with Gasteiger partial charge in [0.15, 0.2) is 5.69 Å². The molecule has 0 aliphatic carbocycles. The molecule has 4 rings (SSSR count). The fourth-order valence-corrected chi connectivity index (χ4v) is 4.15. The van der Waals surface area contributed by atoms with Gasteiger partial charge in [0.1, 0.15) is 23.7 Å². The number of hydrogen-bond acceptors (Lipinski definition) is 5. The lowest BCUT2D eigenvalue weighted by Crippen LogP contribution is -2.57. The minimum atomic E-state index is -4.67. The van der Waals surface area contributed by atoms with E-state index < -0.39 is 42.9 Å². The predicted octanol–water partition coefficient (Wildman–Crippen LogP) is 5.11. The van der Waals surface area contributed by atoms with E-state index in [1.165, 1.54) is 31.2 Å². The van der Waals surface area contributed by atoms with Crippen molar-refractivity contribution in [3.63, 3.8) is 0 Å². The molecule has 0 bridgehead atoms. The number of carbonyl (C=O) groups excluding carboxylic acids is 1. The molecular formula is C22H19ClF5N3O3. The number of furan rings is 1. The number of aromatic nitrogens is 1. The first-order valence-corrected chi connectivity index (χ1v) is 10.6. The molecule has 6 nitrogen and oxygen atoms in total. The zero-order chi connectivity index (χ0) is 24.7. The summed E-state index contributed by atoms with van der Waals surface area (Å²) in [5, 5.41) is 4.96. The summed E-state index contributed by atoms with van der Waals surface area (Å²) in [7, 11) is 0. The van der Waals surface area contributed by atoms with Crippen LogP contribution >= 0.6 is 11.6 Å². The number of piperidine rings is 1. The number of hydrogen-bond donors (Lipinski definition) is 2. The van der Waals surface area contributed by atoms with Crippen LogP contribution in [0.1, 0.15) is 33.8 Å². The number of ether oxygens (including phenoxy) is 1. The predicted molar refractivity (Wildman–Crippen MR) is 113 cm³/mol. The monoisotopic (exact) mass is 503 g/mol. The van der Waals surface area contributed by atoms with E-state index in [0.717, 1.165) is 6.20 Å². The van der Waals surface area contributed by atoms with Crippen LogP contribution in [0.25, 0.3) is 11.0 Å². The van der Waals surface area contributed by atoms with Crippen LogP contribution in [-0.2, 0) is 12.8 Å². The van der Waals surface area contributed by atoms with E-state index in [1.807, 2.05) is 0 Å². The van der Waals surface area contributed by atoms with E-state index in [0.29, 0.717) is 6.54 Å². The fraction of sp³-hybridized carbons (Fsp3) is 0.364. The molecule has 0 radical (unpaired) electrons. The smallest absolute Gasteiger partial charge is 0.433 e. The summed E-state index contributed by atoms with van der Waals surface area (Å²) in [5.41, 5.74) is -1.14. The normalized spacial score (nSPS) is 18.1. The Hall–Kier alpha value is -2.92. The second-order valence-electron chi connectivity index (χ2n) is 7.83. The molecule has 3 aromatic rings. The highest BCUT2D eigenvalue weighted by atomic mass is 35.5. The Bertz CT molecular complexity index is 1230. The standard InChI is InChI=1S/C22H19ClF5N3O3/c1-11-16(20(32)31-15-6-8-29-10-21(15,24)25)17-13(34-11)4-5-14(18(17)23)33-9-12-3-2-7-30-19(12)22(26,27)28/h2-5,7,15,29H,6,8-10H2,1H3,(H,31,32). The van der Waals surface area contributed by atoms with Crippen molar-refractivity contribution in [2.75, 3.05) is 13.1 Å². The lowest BCUT2D eigenvalue weighted by molar-refractivity contribution is -0.142. The molecule has 1 fully saturated rings. The van der Waals surface area contributed by atoms with Crippen LogP contribution in [0.4, 0.5) is 22.0 Å². The summed E-state index contributed by atoms with van der Waals surface area (Å²) < 4.78 is 79.0. The third-order valence-corrected chi connectivity index (χ3v) is 5.86. The average Bonchev–Trinajstić information content (AvgIpc) is 3.11. The second kappa shape index (κ2) is 9.03. The first-order valence-electron chi connectivity index (χ1n) is 10.2. The zero-order valence-electron chi connectivity index (χ0n) is 17.7. The molecule has 1 aliphatic rings.